The van der Waals surface area contributed by atoms with Gasteiger partial charge >= 0.3 is 0 Å². The first-order chi connectivity index (χ1) is 9.69. The standard InChI is InChI=1S/C17H23NO2/c1-11-7-8-15(12(11)2)18-10-14-9-13-5-4-6-16(19-3)17(13)20-14/h4-6,9,11-12,15,18H,7-8,10H2,1-3H3. The summed E-state index contributed by atoms with van der Waals surface area (Å²) >= 11 is 0. The number of benzene rings is 1. The Labute approximate surface area is 120 Å². The highest BCUT2D eigenvalue weighted by atomic mass is 16.5. The van der Waals surface area contributed by atoms with Crippen molar-refractivity contribution in [3.63, 3.8) is 0 Å². The molecule has 1 N–H and O–H groups in total. The summed E-state index contributed by atoms with van der Waals surface area (Å²) in [5.41, 5.74) is 0.847. The Morgan fingerprint density at radius 3 is 2.85 bits per heavy atom. The van der Waals surface area contributed by atoms with E-state index in [0.717, 1.165) is 40.9 Å². The van der Waals surface area contributed by atoms with Crippen molar-refractivity contribution in [2.45, 2.75) is 39.3 Å². The molecule has 108 valence electrons. The lowest BCUT2D eigenvalue weighted by Crippen LogP contribution is -2.31. The molecule has 2 aromatic rings. The van der Waals surface area contributed by atoms with Gasteiger partial charge in [0.25, 0.3) is 0 Å². The summed E-state index contributed by atoms with van der Waals surface area (Å²) in [5.74, 6) is 3.35. The fourth-order valence-corrected chi connectivity index (χ4v) is 3.22. The summed E-state index contributed by atoms with van der Waals surface area (Å²) in [5, 5.41) is 4.75. The van der Waals surface area contributed by atoms with Gasteiger partial charge in [0.05, 0.1) is 13.7 Å². The molecule has 1 heterocycles. The smallest absolute Gasteiger partial charge is 0.176 e. The minimum Gasteiger partial charge on any atom is -0.493 e. The van der Waals surface area contributed by atoms with E-state index in [0.29, 0.717) is 6.04 Å². The van der Waals surface area contributed by atoms with Crippen LogP contribution in [-0.4, -0.2) is 13.2 Å². The van der Waals surface area contributed by atoms with Gasteiger partial charge in [0, 0.05) is 11.4 Å². The molecule has 0 bridgehead atoms. The van der Waals surface area contributed by atoms with Gasteiger partial charge in [-0.3, -0.25) is 0 Å². The second-order valence-electron chi connectivity index (χ2n) is 5.99. The average Bonchev–Trinajstić information content (AvgIpc) is 3.01. The molecule has 0 saturated heterocycles. The summed E-state index contributed by atoms with van der Waals surface area (Å²) in [6.45, 7) is 5.48. The molecule has 0 amide bonds. The SMILES string of the molecule is COc1cccc2cc(CNC3CCC(C)C3C)oc12. The minimum atomic E-state index is 0.611. The van der Waals surface area contributed by atoms with Crippen molar-refractivity contribution in [3.05, 3.63) is 30.0 Å². The first kappa shape index (κ1) is 13.5. The number of para-hydroxylation sites is 1. The first-order valence-corrected chi connectivity index (χ1v) is 7.48. The maximum atomic E-state index is 5.92. The Bertz CT molecular complexity index is 590. The van der Waals surface area contributed by atoms with E-state index in [1.807, 2.05) is 12.1 Å². The highest BCUT2D eigenvalue weighted by molar-refractivity contribution is 5.83. The first-order valence-electron chi connectivity index (χ1n) is 7.48. The van der Waals surface area contributed by atoms with Gasteiger partial charge in [-0.15, -0.1) is 0 Å². The van der Waals surface area contributed by atoms with Crippen LogP contribution in [0.2, 0.25) is 0 Å². The van der Waals surface area contributed by atoms with Crippen LogP contribution >= 0.6 is 0 Å². The topological polar surface area (TPSA) is 34.4 Å². The van der Waals surface area contributed by atoms with Crippen LogP contribution in [0.15, 0.2) is 28.7 Å². The highest BCUT2D eigenvalue weighted by Gasteiger charge is 2.29. The number of fused-ring (bicyclic) bond motifs is 1. The van der Waals surface area contributed by atoms with Crippen LogP contribution < -0.4 is 10.1 Å². The Morgan fingerprint density at radius 1 is 1.30 bits per heavy atom. The molecular weight excluding hydrogens is 250 g/mol. The van der Waals surface area contributed by atoms with Crippen LogP contribution in [0.25, 0.3) is 11.0 Å². The zero-order chi connectivity index (χ0) is 14.1. The van der Waals surface area contributed by atoms with Crippen molar-refractivity contribution in [2.24, 2.45) is 11.8 Å². The quantitative estimate of drug-likeness (QED) is 0.915. The van der Waals surface area contributed by atoms with E-state index < -0.39 is 0 Å². The maximum absolute atomic E-state index is 5.92. The van der Waals surface area contributed by atoms with Gasteiger partial charge in [-0.1, -0.05) is 26.0 Å². The van der Waals surface area contributed by atoms with Gasteiger partial charge < -0.3 is 14.5 Å². The van der Waals surface area contributed by atoms with Crippen molar-refractivity contribution in [1.29, 1.82) is 0 Å². The van der Waals surface area contributed by atoms with E-state index in [2.05, 4.69) is 31.3 Å². The Kier molecular flexibility index (Phi) is 3.70. The summed E-state index contributed by atoms with van der Waals surface area (Å²) in [4.78, 5) is 0. The van der Waals surface area contributed by atoms with Crippen molar-refractivity contribution in [1.82, 2.24) is 5.32 Å². The summed E-state index contributed by atoms with van der Waals surface area (Å²) in [7, 11) is 1.68. The molecule has 20 heavy (non-hydrogen) atoms. The Hall–Kier alpha value is -1.48. The number of hydrogen-bond donors (Lipinski definition) is 1. The third kappa shape index (κ3) is 2.42. The second kappa shape index (κ2) is 5.49. The van der Waals surface area contributed by atoms with Gasteiger partial charge in [0.2, 0.25) is 0 Å². The monoisotopic (exact) mass is 273 g/mol. The molecule has 3 atom stereocenters. The summed E-state index contributed by atoms with van der Waals surface area (Å²) in [6, 6.07) is 8.71. The molecular formula is C17H23NO2. The Morgan fingerprint density at radius 2 is 2.15 bits per heavy atom. The van der Waals surface area contributed by atoms with Crippen LogP contribution in [-0.2, 0) is 6.54 Å². The average molecular weight is 273 g/mol. The fraction of sp³-hybridized carbons (Fsp3) is 0.529. The van der Waals surface area contributed by atoms with Crippen molar-refractivity contribution in [2.75, 3.05) is 7.11 Å². The number of methoxy groups -OCH3 is 1. The van der Waals surface area contributed by atoms with Crippen LogP contribution in [0.1, 0.15) is 32.4 Å². The molecule has 0 aliphatic heterocycles. The van der Waals surface area contributed by atoms with Crippen molar-refractivity contribution >= 4 is 11.0 Å². The van der Waals surface area contributed by atoms with Gasteiger partial charge in [-0.25, -0.2) is 0 Å². The van der Waals surface area contributed by atoms with Gasteiger partial charge in [-0.2, -0.15) is 0 Å². The van der Waals surface area contributed by atoms with Crippen LogP contribution in [0.4, 0.5) is 0 Å². The number of hydrogen-bond acceptors (Lipinski definition) is 3. The van der Waals surface area contributed by atoms with E-state index in [1.165, 1.54) is 12.8 Å². The minimum absolute atomic E-state index is 0.611. The van der Waals surface area contributed by atoms with E-state index in [1.54, 1.807) is 7.11 Å². The van der Waals surface area contributed by atoms with E-state index in [9.17, 15) is 0 Å². The lowest BCUT2D eigenvalue weighted by Gasteiger charge is -2.18. The molecule has 1 aromatic carbocycles. The zero-order valence-corrected chi connectivity index (χ0v) is 12.5. The number of rotatable bonds is 4. The van der Waals surface area contributed by atoms with Crippen molar-refractivity contribution < 1.29 is 9.15 Å². The molecule has 0 spiro atoms. The molecule has 1 aliphatic rings. The molecule has 3 unspecified atom stereocenters. The normalized spacial score (nSPS) is 26.2. The van der Waals surface area contributed by atoms with Crippen LogP contribution in [0.5, 0.6) is 5.75 Å². The van der Waals surface area contributed by atoms with Crippen LogP contribution in [0.3, 0.4) is 0 Å². The largest absolute Gasteiger partial charge is 0.493 e. The number of ether oxygens (including phenoxy) is 1. The van der Waals surface area contributed by atoms with Crippen molar-refractivity contribution in [3.8, 4) is 5.75 Å². The van der Waals surface area contributed by atoms with E-state index >= 15 is 0 Å². The summed E-state index contributed by atoms with van der Waals surface area (Å²) < 4.78 is 11.3. The predicted octanol–water partition coefficient (Wildman–Crippen LogP) is 3.97. The number of nitrogens with one attached hydrogen (secondary N) is 1. The third-order valence-electron chi connectivity index (χ3n) is 4.78. The molecule has 1 aromatic heterocycles. The molecule has 0 radical (unpaired) electrons. The fourth-order valence-electron chi connectivity index (χ4n) is 3.22. The Balaban J connectivity index is 1.72. The lowest BCUT2D eigenvalue weighted by molar-refractivity contribution is 0.357. The molecule has 1 saturated carbocycles. The molecule has 3 heteroatoms. The third-order valence-corrected chi connectivity index (χ3v) is 4.78. The number of furan rings is 1. The zero-order valence-electron chi connectivity index (χ0n) is 12.5. The molecule has 1 fully saturated rings. The van der Waals surface area contributed by atoms with E-state index in [4.69, 9.17) is 9.15 Å². The second-order valence-corrected chi connectivity index (χ2v) is 5.99. The van der Waals surface area contributed by atoms with Crippen LogP contribution in [0, 0.1) is 11.8 Å². The molecule has 1 aliphatic carbocycles. The molecule has 3 nitrogen and oxygen atoms in total. The lowest BCUT2D eigenvalue weighted by atomic mass is 9.98. The highest BCUT2D eigenvalue weighted by Crippen LogP contribution is 2.32. The molecule has 3 rings (SSSR count). The predicted molar refractivity (Wildman–Crippen MR) is 81.0 cm³/mol. The van der Waals surface area contributed by atoms with E-state index in [-0.39, 0.29) is 0 Å². The maximum Gasteiger partial charge on any atom is 0.176 e. The van der Waals surface area contributed by atoms with Gasteiger partial charge in [0.1, 0.15) is 5.76 Å². The summed E-state index contributed by atoms with van der Waals surface area (Å²) in [6.07, 6.45) is 2.60. The van der Waals surface area contributed by atoms with Gasteiger partial charge in [0.15, 0.2) is 11.3 Å². The van der Waals surface area contributed by atoms with Gasteiger partial charge in [-0.05, 0) is 36.8 Å².